The van der Waals surface area contributed by atoms with E-state index in [4.69, 9.17) is 0 Å². The molecule has 0 amide bonds. The molecule has 1 N–H and O–H groups in total. The van der Waals surface area contributed by atoms with Gasteiger partial charge in [0.15, 0.2) is 0 Å². The lowest BCUT2D eigenvalue weighted by atomic mass is 10.00. The fraction of sp³-hybridized carbons (Fsp3) is 0.214. The normalized spacial score (nSPS) is 12.4. The van der Waals surface area contributed by atoms with Crippen molar-refractivity contribution in [3.8, 4) is 0 Å². The van der Waals surface area contributed by atoms with Gasteiger partial charge in [-0.1, -0.05) is 30.3 Å². The van der Waals surface area contributed by atoms with E-state index in [-0.39, 0.29) is 0 Å². The van der Waals surface area contributed by atoms with Gasteiger partial charge in [-0.25, -0.2) is 0 Å². The van der Waals surface area contributed by atoms with Gasteiger partial charge >= 0.3 is 0 Å². The zero-order chi connectivity index (χ0) is 11.4. The Morgan fingerprint density at radius 3 is 2.62 bits per heavy atom. The molecule has 2 rings (SSSR count). The van der Waals surface area contributed by atoms with Gasteiger partial charge in [-0.2, -0.15) is 0 Å². The minimum absolute atomic E-state index is 0.476. The Bertz CT molecular complexity index is 453. The highest BCUT2D eigenvalue weighted by Gasteiger charge is 2.10. The van der Waals surface area contributed by atoms with Crippen molar-refractivity contribution in [2.75, 3.05) is 0 Å². The van der Waals surface area contributed by atoms with Crippen LogP contribution >= 0.6 is 0 Å². The van der Waals surface area contributed by atoms with Crippen molar-refractivity contribution in [1.82, 2.24) is 4.98 Å². The quantitative estimate of drug-likeness (QED) is 0.850. The predicted octanol–water partition coefficient (Wildman–Crippen LogP) is 2.67. The van der Waals surface area contributed by atoms with E-state index >= 15 is 0 Å². The first kappa shape index (κ1) is 10.8. The third-order valence-electron chi connectivity index (χ3n) is 2.71. The minimum atomic E-state index is -0.476. The summed E-state index contributed by atoms with van der Waals surface area (Å²) in [7, 11) is 0. The summed E-state index contributed by atoms with van der Waals surface area (Å²) < 4.78 is 0. The molecule has 0 aliphatic carbocycles. The lowest BCUT2D eigenvalue weighted by molar-refractivity contribution is 0.177. The molecule has 2 heteroatoms. The van der Waals surface area contributed by atoms with Crippen molar-refractivity contribution in [1.29, 1.82) is 0 Å². The number of rotatable bonds is 3. The molecule has 1 heterocycles. The topological polar surface area (TPSA) is 33.1 Å². The Kier molecular flexibility index (Phi) is 3.32. The number of aliphatic hydroxyl groups is 1. The molecule has 0 aliphatic heterocycles. The molecule has 1 aromatic carbocycles. The van der Waals surface area contributed by atoms with Crippen LogP contribution in [-0.4, -0.2) is 10.1 Å². The zero-order valence-corrected chi connectivity index (χ0v) is 9.30. The van der Waals surface area contributed by atoms with Crippen molar-refractivity contribution in [2.45, 2.75) is 19.4 Å². The molecular weight excluding hydrogens is 198 g/mol. The summed E-state index contributed by atoms with van der Waals surface area (Å²) in [6, 6.07) is 11.9. The average Bonchev–Trinajstić information content (AvgIpc) is 2.31. The van der Waals surface area contributed by atoms with Crippen LogP contribution in [0.25, 0.3) is 0 Å². The van der Waals surface area contributed by atoms with Crippen molar-refractivity contribution < 1.29 is 5.11 Å². The third-order valence-corrected chi connectivity index (χ3v) is 2.71. The number of pyridine rings is 1. The largest absolute Gasteiger partial charge is 0.388 e. The van der Waals surface area contributed by atoms with Crippen LogP contribution in [0.2, 0.25) is 0 Å². The van der Waals surface area contributed by atoms with Gasteiger partial charge in [-0.3, -0.25) is 4.98 Å². The fourth-order valence-electron chi connectivity index (χ4n) is 1.77. The average molecular weight is 213 g/mol. The second-order valence-electron chi connectivity index (χ2n) is 3.94. The maximum atomic E-state index is 10.1. The molecule has 16 heavy (non-hydrogen) atoms. The van der Waals surface area contributed by atoms with Crippen LogP contribution < -0.4 is 0 Å². The summed E-state index contributed by atoms with van der Waals surface area (Å²) in [6.45, 7) is 1.99. The van der Waals surface area contributed by atoms with E-state index in [9.17, 15) is 5.11 Å². The van der Waals surface area contributed by atoms with E-state index in [0.717, 1.165) is 16.7 Å². The van der Waals surface area contributed by atoms with Gasteiger partial charge in [-0.15, -0.1) is 0 Å². The lowest BCUT2D eigenvalue weighted by Crippen LogP contribution is -2.04. The molecule has 0 radical (unpaired) electrons. The molecule has 0 bridgehead atoms. The van der Waals surface area contributed by atoms with Gasteiger partial charge < -0.3 is 5.11 Å². The molecule has 82 valence electrons. The number of benzene rings is 1. The molecule has 0 aliphatic rings. The van der Waals surface area contributed by atoms with E-state index in [2.05, 4.69) is 4.98 Å². The third kappa shape index (κ3) is 2.47. The molecule has 0 spiro atoms. The van der Waals surface area contributed by atoms with Crippen molar-refractivity contribution in [3.05, 3.63) is 65.5 Å². The van der Waals surface area contributed by atoms with E-state index < -0.39 is 6.10 Å². The van der Waals surface area contributed by atoms with Gasteiger partial charge in [0.2, 0.25) is 0 Å². The molecule has 0 fully saturated rings. The summed E-state index contributed by atoms with van der Waals surface area (Å²) in [4.78, 5) is 4.05. The number of aromatic nitrogens is 1. The smallest absolute Gasteiger partial charge is 0.0847 e. The highest BCUT2D eigenvalue weighted by Crippen LogP contribution is 2.20. The monoisotopic (exact) mass is 213 g/mol. The standard InChI is InChI=1S/C14H15NO/c1-11-7-8-15-10-13(11)14(16)9-12-5-3-2-4-6-12/h2-8,10,14,16H,9H2,1H3. The Labute approximate surface area is 95.6 Å². The van der Waals surface area contributed by atoms with E-state index in [1.165, 1.54) is 0 Å². The molecule has 0 saturated carbocycles. The first-order valence-corrected chi connectivity index (χ1v) is 5.40. The highest BCUT2D eigenvalue weighted by atomic mass is 16.3. The number of aryl methyl sites for hydroxylation is 1. The van der Waals surface area contributed by atoms with Crippen LogP contribution in [0.1, 0.15) is 22.8 Å². The number of hydrogen-bond acceptors (Lipinski definition) is 2. The molecular formula is C14H15NO. The van der Waals surface area contributed by atoms with E-state index in [1.807, 2.05) is 43.3 Å². The number of aliphatic hydroxyl groups excluding tert-OH is 1. The van der Waals surface area contributed by atoms with Gasteiger partial charge in [-0.05, 0) is 24.1 Å². The fourth-order valence-corrected chi connectivity index (χ4v) is 1.77. The van der Waals surface area contributed by atoms with Crippen LogP contribution in [0.3, 0.4) is 0 Å². The maximum Gasteiger partial charge on any atom is 0.0847 e. The Morgan fingerprint density at radius 2 is 1.94 bits per heavy atom. The van der Waals surface area contributed by atoms with E-state index in [0.29, 0.717) is 6.42 Å². The Morgan fingerprint density at radius 1 is 1.19 bits per heavy atom. The van der Waals surface area contributed by atoms with Gasteiger partial charge in [0, 0.05) is 24.4 Å². The van der Waals surface area contributed by atoms with Crippen LogP contribution in [0.4, 0.5) is 0 Å². The molecule has 1 aromatic heterocycles. The SMILES string of the molecule is Cc1ccncc1C(O)Cc1ccccc1. The van der Waals surface area contributed by atoms with E-state index in [1.54, 1.807) is 12.4 Å². The van der Waals surface area contributed by atoms with Gasteiger partial charge in [0.05, 0.1) is 6.10 Å². The minimum Gasteiger partial charge on any atom is -0.388 e. The number of hydrogen-bond donors (Lipinski definition) is 1. The Hall–Kier alpha value is -1.67. The molecule has 1 atom stereocenters. The van der Waals surface area contributed by atoms with Crippen LogP contribution in [0.5, 0.6) is 0 Å². The first-order valence-electron chi connectivity index (χ1n) is 5.40. The molecule has 1 unspecified atom stereocenters. The van der Waals surface area contributed by atoms with Gasteiger partial charge in [0.25, 0.3) is 0 Å². The van der Waals surface area contributed by atoms with Crippen molar-refractivity contribution in [2.24, 2.45) is 0 Å². The van der Waals surface area contributed by atoms with Crippen molar-refractivity contribution in [3.63, 3.8) is 0 Å². The van der Waals surface area contributed by atoms with Gasteiger partial charge in [0.1, 0.15) is 0 Å². The van der Waals surface area contributed by atoms with Crippen LogP contribution in [-0.2, 0) is 6.42 Å². The summed E-state index contributed by atoms with van der Waals surface area (Å²) in [6.07, 6.45) is 3.64. The van der Waals surface area contributed by atoms with Crippen LogP contribution in [0, 0.1) is 6.92 Å². The zero-order valence-electron chi connectivity index (χ0n) is 9.30. The predicted molar refractivity (Wildman–Crippen MR) is 64.1 cm³/mol. The summed E-state index contributed by atoms with van der Waals surface area (Å²) in [5.41, 5.74) is 3.13. The maximum absolute atomic E-state index is 10.1. The Balaban J connectivity index is 2.15. The van der Waals surface area contributed by atoms with Crippen molar-refractivity contribution >= 4 is 0 Å². The number of nitrogens with zero attached hydrogens (tertiary/aromatic N) is 1. The molecule has 0 saturated heterocycles. The summed E-state index contributed by atoms with van der Waals surface area (Å²) >= 11 is 0. The summed E-state index contributed by atoms with van der Waals surface area (Å²) in [5.74, 6) is 0. The molecule has 2 nitrogen and oxygen atoms in total. The summed E-state index contributed by atoms with van der Waals surface area (Å²) in [5, 5.41) is 10.1. The molecule has 2 aromatic rings. The second-order valence-corrected chi connectivity index (χ2v) is 3.94. The lowest BCUT2D eigenvalue weighted by Gasteiger charge is -2.12. The van der Waals surface area contributed by atoms with Crippen LogP contribution in [0.15, 0.2) is 48.8 Å². The second kappa shape index (κ2) is 4.90. The first-order chi connectivity index (χ1) is 7.77. The highest BCUT2D eigenvalue weighted by molar-refractivity contribution is 5.26.